The number of hydrogen-bond donors (Lipinski definition) is 1. The highest BCUT2D eigenvalue weighted by atomic mass is 28.2. The maximum atomic E-state index is 9.59. The Hall–Kier alpha value is 0.0969. The van der Waals surface area contributed by atoms with Gasteiger partial charge in [-0.15, -0.1) is 0 Å². The lowest BCUT2D eigenvalue weighted by Gasteiger charge is -2.30. The van der Waals surface area contributed by atoms with E-state index < -0.39 is 15.2 Å². The molecule has 1 fully saturated rings. The van der Waals surface area contributed by atoms with Crippen LogP contribution in [0.15, 0.2) is 0 Å². The maximum absolute atomic E-state index is 9.59. The quantitative estimate of drug-likeness (QED) is 0.560. The second kappa shape index (κ2) is 3.48. The Morgan fingerprint density at radius 1 is 1.60 bits per heavy atom. The fraction of sp³-hybridized carbons (Fsp3) is 1.00. The van der Waals surface area contributed by atoms with Crippen LogP contribution >= 0.6 is 0 Å². The average Bonchev–Trinajstić information content (AvgIpc) is 1.89. The first-order valence-electron chi connectivity index (χ1n) is 3.62. The zero-order chi connectivity index (χ0) is 7.45. The first-order chi connectivity index (χ1) is 4.77. The lowest BCUT2D eigenvalue weighted by molar-refractivity contribution is -0.170. The molecule has 1 aliphatic rings. The Balaban J connectivity index is 2.32. The molecule has 1 aliphatic heterocycles. The monoisotopic (exact) mass is 162 g/mol. The Kier molecular flexibility index (Phi) is 2.85. The normalized spacial score (nSPS) is 35.4. The SMILES string of the molecule is CO[SiH2]C1(O)CCCCO1. The fourth-order valence-electron chi connectivity index (χ4n) is 1.18. The van der Waals surface area contributed by atoms with Crippen LogP contribution in [-0.2, 0) is 9.16 Å². The Labute approximate surface area is 63.3 Å². The highest BCUT2D eigenvalue weighted by Gasteiger charge is 2.30. The van der Waals surface area contributed by atoms with Gasteiger partial charge in [0.2, 0.25) is 9.76 Å². The van der Waals surface area contributed by atoms with Crippen molar-refractivity contribution in [1.29, 1.82) is 0 Å². The van der Waals surface area contributed by atoms with Crippen LogP contribution < -0.4 is 0 Å². The van der Waals surface area contributed by atoms with Crippen LogP contribution in [0.5, 0.6) is 0 Å². The van der Waals surface area contributed by atoms with E-state index in [9.17, 15) is 5.11 Å². The van der Waals surface area contributed by atoms with Gasteiger partial charge in [-0.1, -0.05) is 0 Å². The molecule has 0 aromatic carbocycles. The predicted octanol–water partition coefficient (Wildman–Crippen LogP) is -0.437. The molecule has 0 aliphatic carbocycles. The smallest absolute Gasteiger partial charge is 0.226 e. The Morgan fingerprint density at radius 2 is 2.40 bits per heavy atom. The molecule has 0 aromatic rings. The highest BCUT2D eigenvalue weighted by Crippen LogP contribution is 2.20. The molecule has 1 unspecified atom stereocenters. The van der Waals surface area contributed by atoms with Crippen molar-refractivity contribution in [3.05, 3.63) is 0 Å². The summed E-state index contributed by atoms with van der Waals surface area (Å²) in [5.74, 6) is 0. The first kappa shape index (κ1) is 8.20. The lowest BCUT2D eigenvalue weighted by atomic mass is 10.2. The molecule has 60 valence electrons. The number of aliphatic hydroxyl groups is 1. The van der Waals surface area contributed by atoms with E-state index in [0.717, 1.165) is 19.3 Å². The third-order valence-electron chi connectivity index (χ3n) is 1.70. The minimum absolute atomic E-state index is 0.687. The van der Waals surface area contributed by atoms with Gasteiger partial charge in [0.05, 0.1) is 0 Å². The van der Waals surface area contributed by atoms with Gasteiger partial charge in [0, 0.05) is 13.7 Å². The van der Waals surface area contributed by atoms with E-state index in [1.165, 1.54) is 0 Å². The van der Waals surface area contributed by atoms with Crippen molar-refractivity contribution in [3.63, 3.8) is 0 Å². The Bertz CT molecular complexity index is 95.7. The standard InChI is InChI=1S/C6H14O3Si/c1-8-10-6(7)4-2-3-5-9-6/h7H,2-5,10H2,1H3. The molecule has 0 spiro atoms. The Morgan fingerprint density at radius 3 is 2.90 bits per heavy atom. The lowest BCUT2D eigenvalue weighted by Crippen LogP contribution is -2.42. The van der Waals surface area contributed by atoms with E-state index in [4.69, 9.17) is 9.16 Å². The van der Waals surface area contributed by atoms with Gasteiger partial charge in [0.25, 0.3) is 0 Å². The summed E-state index contributed by atoms with van der Waals surface area (Å²) in [5, 5.41) is 9.59. The molecule has 1 rings (SSSR count). The van der Waals surface area contributed by atoms with Gasteiger partial charge in [-0.25, -0.2) is 0 Å². The van der Waals surface area contributed by atoms with Crippen LogP contribution in [0.2, 0.25) is 0 Å². The van der Waals surface area contributed by atoms with Crippen molar-refractivity contribution in [2.45, 2.75) is 24.7 Å². The molecule has 1 atom stereocenters. The van der Waals surface area contributed by atoms with Crippen molar-refractivity contribution in [3.8, 4) is 0 Å². The van der Waals surface area contributed by atoms with E-state index >= 15 is 0 Å². The second-order valence-corrected chi connectivity index (χ2v) is 4.66. The molecule has 0 amide bonds. The van der Waals surface area contributed by atoms with Crippen LogP contribution in [-0.4, -0.2) is 34.0 Å². The molecule has 0 radical (unpaired) electrons. The summed E-state index contributed by atoms with van der Waals surface area (Å²) < 4.78 is 10.1. The van der Waals surface area contributed by atoms with E-state index in [-0.39, 0.29) is 0 Å². The van der Waals surface area contributed by atoms with Crippen molar-refractivity contribution in [2.75, 3.05) is 13.7 Å². The molecular formula is C6H14O3Si. The number of rotatable bonds is 2. The van der Waals surface area contributed by atoms with Gasteiger partial charge in [-0.2, -0.15) is 0 Å². The van der Waals surface area contributed by atoms with Crippen LogP contribution in [0.4, 0.5) is 0 Å². The molecule has 1 saturated heterocycles. The summed E-state index contributed by atoms with van der Waals surface area (Å²) in [6.45, 7) is 0.687. The summed E-state index contributed by atoms with van der Waals surface area (Å²) in [6, 6.07) is 0. The topological polar surface area (TPSA) is 38.7 Å². The minimum Gasteiger partial charge on any atom is -0.421 e. The summed E-state index contributed by atoms with van der Waals surface area (Å²) in [6.07, 6.45) is 2.89. The number of ether oxygens (including phenoxy) is 1. The van der Waals surface area contributed by atoms with Gasteiger partial charge < -0.3 is 14.3 Å². The fourth-order valence-corrected chi connectivity index (χ4v) is 2.25. The van der Waals surface area contributed by atoms with E-state index in [0.29, 0.717) is 6.61 Å². The van der Waals surface area contributed by atoms with Crippen LogP contribution in [0.3, 0.4) is 0 Å². The van der Waals surface area contributed by atoms with E-state index in [2.05, 4.69) is 0 Å². The van der Waals surface area contributed by atoms with Gasteiger partial charge in [-0.3, -0.25) is 0 Å². The van der Waals surface area contributed by atoms with Crippen molar-refractivity contribution >= 4 is 9.76 Å². The summed E-state index contributed by atoms with van der Waals surface area (Å²) in [4.78, 5) is 0. The van der Waals surface area contributed by atoms with E-state index in [1.54, 1.807) is 7.11 Å². The second-order valence-electron chi connectivity index (χ2n) is 2.68. The molecule has 0 saturated carbocycles. The maximum Gasteiger partial charge on any atom is 0.226 e. The molecule has 10 heavy (non-hydrogen) atoms. The molecule has 1 heterocycles. The third kappa shape index (κ3) is 2.05. The minimum atomic E-state index is -0.887. The van der Waals surface area contributed by atoms with Crippen LogP contribution in [0.1, 0.15) is 19.3 Å². The van der Waals surface area contributed by atoms with E-state index in [1.807, 2.05) is 0 Å². The first-order valence-corrected chi connectivity index (χ1v) is 4.90. The van der Waals surface area contributed by atoms with Crippen molar-refractivity contribution in [1.82, 2.24) is 0 Å². The highest BCUT2D eigenvalue weighted by molar-refractivity contribution is 6.30. The van der Waals surface area contributed by atoms with Gasteiger partial charge in [0.15, 0.2) is 5.41 Å². The van der Waals surface area contributed by atoms with Crippen molar-refractivity contribution in [2.24, 2.45) is 0 Å². The van der Waals surface area contributed by atoms with Gasteiger partial charge in [0.1, 0.15) is 0 Å². The summed E-state index contributed by atoms with van der Waals surface area (Å²) >= 11 is 0. The molecule has 0 bridgehead atoms. The molecule has 3 nitrogen and oxygen atoms in total. The van der Waals surface area contributed by atoms with Gasteiger partial charge >= 0.3 is 0 Å². The number of hydrogen-bond acceptors (Lipinski definition) is 3. The third-order valence-corrected chi connectivity index (χ3v) is 3.00. The predicted molar refractivity (Wildman–Crippen MR) is 40.3 cm³/mol. The zero-order valence-electron chi connectivity index (χ0n) is 6.30. The summed E-state index contributed by atoms with van der Waals surface area (Å²) in [5.41, 5.74) is -0.854. The average molecular weight is 162 g/mol. The molecule has 0 aromatic heterocycles. The van der Waals surface area contributed by atoms with Crippen LogP contribution in [0.25, 0.3) is 0 Å². The molecule has 4 heteroatoms. The van der Waals surface area contributed by atoms with Crippen molar-refractivity contribution < 1.29 is 14.3 Å². The molecular weight excluding hydrogens is 148 g/mol. The van der Waals surface area contributed by atoms with Gasteiger partial charge in [-0.05, 0) is 19.3 Å². The zero-order valence-corrected chi connectivity index (χ0v) is 7.71. The summed E-state index contributed by atoms with van der Waals surface area (Å²) in [7, 11) is 0.740. The largest absolute Gasteiger partial charge is 0.421 e. The molecule has 1 N–H and O–H groups in total. The van der Waals surface area contributed by atoms with Crippen LogP contribution in [0, 0.1) is 0 Å².